The smallest absolute Gasteiger partial charge is 0.151 e. The standard InChI is InChI=1S/C18H39N.C6H12O6/c1-2-3-4-5-6-7-8-9-10-11-12-13-14-15-16-17-18-19;7-1-3(9)5(11)6(12)4(10)2-8/h2-19H2,1H3;1,3-6,8-12H,2H2. The molecule has 0 amide bonds. The van der Waals surface area contributed by atoms with Crippen molar-refractivity contribution >= 4 is 6.29 Å². The third-order valence-corrected chi connectivity index (χ3v) is 5.48. The normalized spacial score (nSPS) is 14.9. The number of carbonyl (C=O) groups excluding carboxylic acids is 1. The molecular formula is C24H51NO6. The molecule has 0 radical (unpaired) electrons. The summed E-state index contributed by atoms with van der Waals surface area (Å²) in [5.41, 5.74) is 5.48. The van der Waals surface area contributed by atoms with E-state index in [1.165, 1.54) is 103 Å². The summed E-state index contributed by atoms with van der Waals surface area (Å²) in [6.07, 6.45) is 16.0. The van der Waals surface area contributed by atoms with Crippen LogP contribution in [0.25, 0.3) is 0 Å². The Bertz CT molecular complexity index is 343. The van der Waals surface area contributed by atoms with Gasteiger partial charge in [0.2, 0.25) is 0 Å². The lowest BCUT2D eigenvalue weighted by Gasteiger charge is -2.22. The van der Waals surface area contributed by atoms with Gasteiger partial charge in [0.15, 0.2) is 6.29 Å². The van der Waals surface area contributed by atoms with Gasteiger partial charge in [-0.05, 0) is 13.0 Å². The van der Waals surface area contributed by atoms with Gasteiger partial charge >= 0.3 is 0 Å². The zero-order valence-corrected chi connectivity index (χ0v) is 19.8. The predicted octanol–water partition coefficient (Wildman–Crippen LogP) is 2.83. The van der Waals surface area contributed by atoms with Crippen LogP contribution >= 0.6 is 0 Å². The minimum atomic E-state index is -1.79. The Balaban J connectivity index is 0. The number of hydrogen-bond acceptors (Lipinski definition) is 7. The fraction of sp³-hybridized carbons (Fsp3) is 0.958. The number of nitrogens with two attached hydrogens (primary N) is 1. The highest BCUT2D eigenvalue weighted by molar-refractivity contribution is 5.56. The Morgan fingerprint density at radius 2 is 1.00 bits per heavy atom. The fourth-order valence-electron chi connectivity index (χ4n) is 3.31. The average molecular weight is 450 g/mol. The Kier molecular flexibility index (Phi) is 27.0. The second-order valence-corrected chi connectivity index (χ2v) is 8.45. The van der Waals surface area contributed by atoms with Crippen LogP contribution in [0.15, 0.2) is 0 Å². The van der Waals surface area contributed by atoms with Crippen LogP contribution in [0.1, 0.15) is 110 Å². The van der Waals surface area contributed by atoms with Crippen LogP contribution in [0.4, 0.5) is 0 Å². The first kappa shape index (κ1) is 32.6. The highest BCUT2D eigenvalue weighted by Gasteiger charge is 2.29. The molecule has 0 spiro atoms. The molecule has 0 saturated carbocycles. The van der Waals surface area contributed by atoms with Gasteiger partial charge in [0.05, 0.1) is 6.61 Å². The molecule has 0 aliphatic heterocycles. The Morgan fingerprint density at radius 3 is 1.29 bits per heavy atom. The first-order valence-electron chi connectivity index (χ1n) is 12.4. The van der Waals surface area contributed by atoms with Crippen molar-refractivity contribution in [2.24, 2.45) is 5.73 Å². The van der Waals surface area contributed by atoms with Crippen LogP contribution in [-0.2, 0) is 4.79 Å². The molecular weight excluding hydrogens is 398 g/mol. The molecule has 0 rings (SSSR count). The van der Waals surface area contributed by atoms with E-state index >= 15 is 0 Å². The lowest BCUT2D eigenvalue weighted by atomic mass is 10.0. The molecule has 4 unspecified atom stereocenters. The molecule has 0 aromatic rings. The molecule has 0 fully saturated rings. The zero-order valence-electron chi connectivity index (χ0n) is 19.8. The van der Waals surface area contributed by atoms with Crippen LogP contribution < -0.4 is 5.73 Å². The van der Waals surface area contributed by atoms with Gasteiger partial charge < -0.3 is 36.1 Å². The summed E-state index contributed by atoms with van der Waals surface area (Å²) in [4.78, 5) is 9.90. The molecule has 7 N–H and O–H groups in total. The molecule has 4 atom stereocenters. The number of rotatable bonds is 21. The van der Waals surface area contributed by atoms with E-state index in [1.54, 1.807) is 0 Å². The Hall–Kier alpha value is -0.570. The quantitative estimate of drug-likeness (QED) is 0.117. The summed E-state index contributed by atoms with van der Waals surface area (Å²) in [7, 11) is 0. The van der Waals surface area contributed by atoms with Gasteiger partial charge in [-0.25, -0.2) is 0 Å². The van der Waals surface area contributed by atoms with Crippen LogP contribution in [0, 0.1) is 0 Å². The van der Waals surface area contributed by atoms with E-state index in [0.717, 1.165) is 6.54 Å². The maximum Gasteiger partial charge on any atom is 0.151 e. The van der Waals surface area contributed by atoms with Crippen molar-refractivity contribution in [3.8, 4) is 0 Å². The second-order valence-electron chi connectivity index (χ2n) is 8.45. The number of unbranched alkanes of at least 4 members (excludes halogenated alkanes) is 15. The summed E-state index contributed by atoms with van der Waals surface area (Å²) in [5, 5.41) is 43.5. The number of aliphatic hydroxyl groups is 5. The van der Waals surface area contributed by atoms with Crippen molar-refractivity contribution in [2.75, 3.05) is 13.2 Å². The summed E-state index contributed by atoms with van der Waals surface area (Å²) in [6.45, 7) is 2.40. The molecule has 0 aromatic carbocycles. The number of carbonyl (C=O) groups is 1. The first-order valence-corrected chi connectivity index (χ1v) is 12.4. The topological polar surface area (TPSA) is 144 Å². The highest BCUT2D eigenvalue weighted by atomic mass is 16.4. The summed E-state index contributed by atoms with van der Waals surface area (Å²) < 4.78 is 0. The van der Waals surface area contributed by atoms with E-state index in [2.05, 4.69) is 6.92 Å². The molecule has 188 valence electrons. The molecule has 7 heteroatoms. The largest absolute Gasteiger partial charge is 0.394 e. The minimum Gasteiger partial charge on any atom is -0.394 e. The number of hydrogen-bond donors (Lipinski definition) is 6. The van der Waals surface area contributed by atoms with Crippen molar-refractivity contribution in [3.63, 3.8) is 0 Å². The average Bonchev–Trinajstić information content (AvgIpc) is 2.79. The molecule has 0 aliphatic carbocycles. The fourth-order valence-corrected chi connectivity index (χ4v) is 3.31. The number of aldehydes is 1. The lowest BCUT2D eigenvalue weighted by Crippen LogP contribution is -2.46. The van der Waals surface area contributed by atoms with Crippen molar-refractivity contribution in [2.45, 2.75) is 134 Å². The molecule has 0 aromatic heterocycles. The zero-order chi connectivity index (χ0) is 23.7. The van der Waals surface area contributed by atoms with Crippen molar-refractivity contribution in [1.29, 1.82) is 0 Å². The predicted molar refractivity (Wildman–Crippen MR) is 126 cm³/mol. The summed E-state index contributed by atoms with van der Waals surface area (Å²) >= 11 is 0. The Morgan fingerprint density at radius 1 is 0.645 bits per heavy atom. The molecule has 0 saturated heterocycles. The van der Waals surface area contributed by atoms with Gasteiger partial charge in [0, 0.05) is 0 Å². The monoisotopic (exact) mass is 449 g/mol. The first-order chi connectivity index (χ1) is 15.0. The van der Waals surface area contributed by atoms with Gasteiger partial charge in [-0.15, -0.1) is 0 Å². The highest BCUT2D eigenvalue weighted by Crippen LogP contribution is 2.13. The van der Waals surface area contributed by atoms with E-state index in [0.29, 0.717) is 0 Å². The van der Waals surface area contributed by atoms with Gasteiger partial charge in [0.25, 0.3) is 0 Å². The van der Waals surface area contributed by atoms with Gasteiger partial charge in [-0.2, -0.15) is 0 Å². The molecule has 0 aliphatic rings. The van der Waals surface area contributed by atoms with E-state index < -0.39 is 31.0 Å². The Labute approximate surface area is 190 Å². The summed E-state index contributed by atoms with van der Waals surface area (Å²) in [6, 6.07) is 0. The van der Waals surface area contributed by atoms with Crippen LogP contribution in [0.2, 0.25) is 0 Å². The van der Waals surface area contributed by atoms with E-state index in [4.69, 9.17) is 31.3 Å². The third kappa shape index (κ3) is 22.4. The van der Waals surface area contributed by atoms with Gasteiger partial charge in [0.1, 0.15) is 24.4 Å². The van der Waals surface area contributed by atoms with Crippen LogP contribution in [0.3, 0.4) is 0 Å². The van der Waals surface area contributed by atoms with E-state index in [9.17, 15) is 4.79 Å². The summed E-state index contributed by atoms with van der Waals surface area (Å²) in [5.74, 6) is 0. The third-order valence-electron chi connectivity index (χ3n) is 5.48. The molecule has 0 heterocycles. The van der Waals surface area contributed by atoms with Crippen molar-refractivity contribution in [3.05, 3.63) is 0 Å². The van der Waals surface area contributed by atoms with Crippen LogP contribution in [-0.4, -0.2) is 69.4 Å². The maximum atomic E-state index is 9.90. The molecule has 0 bridgehead atoms. The lowest BCUT2D eigenvalue weighted by molar-refractivity contribution is -0.136. The molecule has 7 nitrogen and oxygen atoms in total. The van der Waals surface area contributed by atoms with E-state index in [-0.39, 0.29) is 6.29 Å². The number of aliphatic hydroxyl groups excluding tert-OH is 5. The minimum absolute atomic E-state index is 0.0258. The second kappa shape index (κ2) is 25.7. The van der Waals surface area contributed by atoms with Crippen LogP contribution in [0.5, 0.6) is 0 Å². The van der Waals surface area contributed by atoms with Gasteiger partial charge in [-0.1, -0.05) is 103 Å². The van der Waals surface area contributed by atoms with Gasteiger partial charge in [-0.3, -0.25) is 0 Å². The SMILES string of the molecule is CCCCCCCCCCCCCCCCCCN.O=CC(O)C(O)C(O)C(O)CO. The van der Waals surface area contributed by atoms with Crippen molar-refractivity contribution in [1.82, 2.24) is 0 Å². The molecule has 31 heavy (non-hydrogen) atoms. The maximum absolute atomic E-state index is 9.90. The van der Waals surface area contributed by atoms with E-state index in [1.807, 2.05) is 0 Å². The van der Waals surface area contributed by atoms with Crippen molar-refractivity contribution < 1.29 is 30.3 Å².